The van der Waals surface area contributed by atoms with Gasteiger partial charge in [0.15, 0.2) is 5.82 Å². The number of amides is 1. The van der Waals surface area contributed by atoms with Gasteiger partial charge in [-0.15, -0.1) is 0 Å². The fourth-order valence-electron chi connectivity index (χ4n) is 2.68. The Bertz CT molecular complexity index is 699. The Morgan fingerprint density at radius 1 is 1.09 bits per heavy atom. The number of para-hydroxylation sites is 1. The van der Waals surface area contributed by atoms with Crippen LogP contribution in [0.5, 0.6) is 0 Å². The average Bonchev–Trinajstić information content (AvgIpc) is 2.62. The number of fused-ring (bicyclic) bond motifs is 2. The van der Waals surface area contributed by atoms with Crippen LogP contribution in [0.25, 0.3) is 0 Å². The predicted molar refractivity (Wildman–Crippen MR) is 89.0 cm³/mol. The lowest BCUT2D eigenvalue weighted by Gasteiger charge is -2.26. The van der Waals surface area contributed by atoms with Crippen molar-refractivity contribution in [2.75, 3.05) is 44.0 Å². The molecule has 0 N–H and O–H groups in total. The van der Waals surface area contributed by atoms with Crippen LogP contribution in [0.2, 0.25) is 0 Å². The third-order valence-electron chi connectivity index (χ3n) is 3.88. The molecular weight excluding hydrogens is 276 g/mol. The van der Waals surface area contributed by atoms with Crippen molar-refractivity contribution >= 4 is 23.1 Å². The van der Waals surface area contributed by atoms with Crippen LogP contribution in [0.1, 0.15) is 10.4 Å². The molecule has 3 rings (SSSR count). The highest BCUT2D eigenvalue weighted by atomic mass is 16.2. The molecule has 5 heteroatoms. The molecule has 0 radical (unpaired) electrons. The molecule has 1 aliphatic heterocycles. The van der Waals surface area contributed by atoms with E-state index in [1.54, 1.807) is 18.1 Å². The van der Waals surface area contributed by atoms with E-state index in [0.717, 1.165) is 30.3 Å². The lowest BCUT2D eigenvalue weighted by atomic mass is 10.1. The summed E-state index contributed by atoms with van der Waals surface area (Å²) in [7, 11) is 5.88. The molecule has 1 amide bonds. The number of pyridine rings is 1. The Kier molecular flexibility index (Phi) is 3.81. The molecule has 0 bridgehead atoms. The maximum Gasteiger partial charge on any atom is 0.260 e. The molecule has 2 aromatic rings. The summed E-state index contributed by atoms with van der Waals surface area (Å²) in [6, 6.07) is 11.5. The summed E-state index contributed by atoms with van der Waals surface area (Å²) in [6.45, 7) is 1.65. The van der Waals surface area contributed by atoms with Crippen molar-refractivity contribution in [1.82, 2.24) is 9.88 Å². The van der Waals surface area contributed by atoms with Gasteiger partial charge < -0.3 is 14.7 Å². The van der Waals surface area contributed by atoms with Gasteiger partial charge in [0, 0.05) is 26.3 Å². The number of nitrogens with zero attached hydrogens (tertiary/aromatic N) is 4. The number of aromatic nitrogens is 1. The lowest BCUT2D eigenvalue weighted by Crippen LogP contribution is -2.29. The van der Waals surface area contributed by atoms with E-state index in [1.165, 1.54) is 0 Å². The number of anilines is 3. The predicted octanol–water partition coefficient (Wildman–Crippen LogP) is 2.37. The first kappa shape index (κ1) is 14.5. The van der Waals surface area contributed by atoms with Crippen molar-refractivity contribution < 1.29 is 4.79 Å². The maximum atomic E-state index is 12.7. The molecular formula is C17H20N4O. The summed E-state index contributed by atoms with van der Waals surface area (Å²) in [4.78, 5) is 23.2. The highest BCUT2D eigenvalue weighted by Gasteiger charge is 2.29. The zero-order valence-corrected chi connectivity index (χ0v) is 13.2. The number of likely N-dealkylation sites (N-methyl/N-ethyl adjacent to an activating group) is 1. The third kappa shape index (κ3) is 2.44. The highest BCUT2D eigenvalue weighted by Crippen LogP contribution is 2.38. The first-order chi connectivity index (χ1) is 10.6. The van der Waals surface area contributed by atoms with Crippen molar-refractivity contribution in [2.24, 2.45) is 0 Å². The monoisotopic (exact) mass is 296 g/mol. The molecule has 22 heavy (non-hydrogen) atoms. The Morgan fingerprint density at radius 3 is 2.59 bits per heavy atom. The summed E-state index contributed by atoms with van der Waals surface area (Å²) < 4.78 is 0. The molecule has 5 nitrogen and oxygen atoms in total. The van der Waals surface area contributed by atoms with Crippen LogP contribution < -0.4 is 9.80 Å². The Labute approximate surface area is 130 Å². The normalized spacial score (nSPS) is 13.9. The molecule has 0 spiro atoms. The van der Waals surface area contributed by atoms with Gasteiger partial charge in [-0.2, -0.15) is 0 Å². The van der Waals surface area contributed by atoms with Crippen LogP contribution in [0.4, 0.5) is 17.2 Å². The van der Waals surface area contributed by atoms with Gasteiger partial charge in [0.1, 0.15) is 0 Å². The van der Waals surface area contributed by atoms with Gasteiger partial charge in [-0.05, 0) is 38.4 Å². The molecule has 2 heterocycles. The SMILES string of the molecule is CN(C)CCN1c2ccccc2C(=O)N(C)c2cccnc21. The number of benzene rings is 1. The lowest BCUT2D eigenvalue weighted by molar-refractivity contribution is 0.0994. The van der Waals surface area contributed by atoms with Crippen LogP contribution in [0, 0.1) is 0 Å². The Balaban J connectivity index is 2.17. The number of hydrogen-bond acceptors (Lipinski definition) is 4. The second-order valence-corrected chi connectivity index (χ2v) is 5.68. The zero-order valence-electron chi connectivity index (χ0n) is 13.2. The maximum absolute atomic E-state index is 12.7. The molecule has 0 saturated heterocycles. The van der Waals surface area contributed by atoms with Crippen LogP contribution in [-0.4, -0.2) is 50.0 Å². The van der Waals surface area contributed by atoms with Crippen molar-refractivity contribution in [3.8, 4) is 0 Å². The molecule has 1 aromatic heterocycles. The quantitative estimate of drug-likeness (QED) is 0.872. The molecule has 114 valence electrons. The number of rotatable bonds is 3. The van der Waals surface area contributed by atoms with Crippen LogP contribution in [-0.2, 0) is 0 Å². The first-order valence-electron chi connectivity index (χ1n) is 7.34. The minimum absolute atomic E-state index is 0.00259. The Morgan fingerprint density at radius 2 is 1.82 bits per heavy atom. The van der Waals surface area contributed by atoms with E-state index in [2.05, 4.69) is 14.8 Å². The van der Waals surface area contributed by atoms with Gasteiger partial charge >= 0.3 is 0 Å². The number of carbonyl (C=O) groups is 1. The van der Waals surface area contributed by atoms with Gasteiger partial charge in [-0.1, -0.05) is 12.1 Å². The standard InChI is InChI=1S/C17H20N4O/c1-19(2)11-12-21-14-8-5-4-7-13(14)17(22)20(3)15-9-6-10-18-16(15)21/h4-10H,11-12H2,1-3H3. The molecule has 0 saturated carbocycles. The second kappa shape index (κ2) is 5.77. The third-order valence-corrected chi connectivity index (χ3v) is 3.88. The Hall–Kier alpha value is -2.40. The van der Waals surface area contributed by atoms with Crippen LogP contribution in [0.3, 0.4) is 0 Å². The fourth-order valence-corrected chi connectivity index (χ4v) is 2.68. The number of hydrogen-bond donors (Lipinski definition) is 0. The van der Waals surface area contributed by atoms with Gasteiger partial charge in [0.05, 0.1) is 16.9 Å². The summed E-state index contributed by atoms with van der Waals surface area (Å²) in [5.74, 6) is 0.822. The summed E-state index contributed by atoms with van der Waals surface area (Å²) in [5.41, 5.74) is 2.46. The van der Waals surface area contributed by atoms with E-state index in [9.17, 15) is 4.79 Å². The van der Waals surface area contributed by atoms with Gasteiger partial charge in [0.25, 0.3) is 5.91 Å². The second-order valence-electron chi connectivity index (χ2n) is 5.68. The minimum atomic E-state index is -0.00259. The average molecular weight is 296 g/mol. The van der Waals surface area contributed by atoms with E-state index in [0.29, 0.717) is 5.56 Å². The van der Waals surface area contributed by atoms with E-state index in [4.69, 9.17) is 0 Å². The van der Waals surface area contributed by atoms with Crippen LogP contribution >= 0.6 is 0 Å². The van der Waals surface area contributed by atoms with E-state index >= 15 is 0 Å². The molecule has 0 aliphatic carbocycles. The van der Waals surface area contributed by atoms with Gasteiger partial charge in [0.2, 0.25) is 0 Å². The van der Waals surface area contributed by atoms with Gasteiger partial charge in [-0.25, -0.2) is 4.98 Å². The minimum Gasteiger partial charge on any atom is -0.323 e. The largest absolute Gasteiger partial charge is 0.323 e. The van der Waals surface area contributed by atoms with Crippen molar-refractivity contribution in [3.63, 3.8) is 0 Å². The van der Waals surface area contributed by atoms with Crippen molar-refractivity contribution in [3.05, 3.63) is 48.2 Å². The summed E-state index contributed by atoms with van der Waals surface area (Å²) >= 11 is 0. The molecule has 0 atom stereocenters. The van der Waals surface area contributed by atoms with E-state index in [1.807, 2.05) is 50.5 Å². The fraction of sp³-hybridized carbons (Fsp3) is 0.294. The molecule has 0 unspecified atom stereocenters. The highest BCUT2D eigenvalue weighted by molar-refractivity contribution is 6.13. The molecule has 1 aliphatic rings. The van der Waals surface area contributed by atoms with E-state index < -0.39 is 0 Å². The smallest absolute Gasteiger partial charge is 0.260 e. The molecule has 0 fully saturated rings. The van der Waals surface area contributed by atoms with Crippen molar-refractivity contribution in [1.29, 1.82) is 0 Å². The first-order valence-corrected chi connectivity index (χ1v) is 7.34. The zero-order chi connectivity index (χ0) is 15.7. The van der Waals surface area contributed by atoms with Gasteiger partial charge in [-0.3, -0.25) is 4.79 Å². The van der Waals surface area contributed by atoms with Crippen LogP contribution in [0.15, 0.2) is 42.6 Å². The summed E-state index contributed by atoms with van der Waals surface area (Å²) in [5, 5.41) is 0. The van der Waals surface area contributed by atoms with E-state index in [-0.39, 0.29) is 5.91 Å². The van der Waals surface area contributed by atoms with Crippen molar-refractivity contribution in [2.45, 2.75) is 0 Å². The summed E-state index contributed by atoms with van der Waals surface area (Å²) in [6.07, 6.45) is 1.77. The topological polar surface area (TPSA) is 39.7 Å². The molecule has 1 aromatic carbocycles. The number of carbonyl (C=O) groups excluding carboxylic acids is 1.